The monoisotopic (exact) mass is 220 g/mol. The van der Waals surface area contributed by atoms with Gasteiger partial charge in [-0.2, -0.15) is 0 Å². The van der Waals surface area contributed by atoms with Crippen molar-refractivity contribution in [1.82, 2.24) is 0 Å². The molecule has 2 aliphatic heterocycles. The van der Waals surface area contributed by atoms with Crippen LogP contribution in [-0.2, 0) is 22.9 Å². The summed E-state index contributed by atoms with van der Waals surface area (Å²) < 4.78 is 22.6. The predicted molar refractivity (Wildman–Crippen MR) is 44.8 cm³/mol. The summed E-state index contributed by atoms with van der Waals surface area (Å²) in [5.74, 6) is 0. The minimum absolute atomic E-state index is 0. The van der Waals surface area contributed by atoms with E-state index in [1.165, 1.54) is 0 Å². The SMILES string of the molecule is O.O.O.OB1OB2OB(O)OB(O1)O2.[H-].[Li+]. The van der Waals surface area contributed by atoms with E-state index in [4.69, 9.17) is 10.0 Å². The molecular formula is H9B4LiO10. The second-order valence-electron chi connectivity index (χ2n) is 1.87. The van der Waals surface area contributed by atoms with Gasteiger partial charge in [-0.1, -0.05) is 0 Å². The molecule has 0 aromatic rings. The Morgan fingerprint density at radius 2 is 0.933 bits per heavy atom. The summed E-state index contributed by atoms with van der Waals surface area (Å²) in [5.41, 5.74) is 0. The van der Waals surface area contributed by atoms with E-state index in [2.05, 4.69) is 22.9 Å². The zero-order chi connectivity index (χ0) is 7.84. The zero-order valence-electron chi connectivity index (χ0n) is 8.75. The van der Waals surface area contributed by atoms with Crippen LogP contribution in [-0.4, -0.2) is 55.8 Å². The van der Waals surface area contributed by atoms with Gasteiger partial charge in [-0.3, -0.25) is 0 Å². The minimum atomic E-state index is -1.45. The van der Waals surface area contributed by atoms with Crippen LogP contribution in [0.1, 0.15) is 1.43 Å². The van der Waals surface area contributed by atoms with Crippen LogP contribution in [0.15, 0.2) is 0 Å². The average molecular weight is 219 g/mol. The molecule has 2 aliphatic rings. The topological polar surface area (TPSA) is 181 Å². The summed E-state index contributed by atoms with van der Waals surface area (Å²) in [7, 11) is -5.20. The van der Waals surface area contributed by atoms with Crippen LogP contribution in [0.4, 0.5) is 0 Å². The van der Waals surface area contributed by atoms with Gasteiger partial charge >= 0.3 is 48.1 Å². The van der Waals surface area contributed by atoms with Crippen molar-refractivity contribution in [1.29, 1.82) is 0 Å². The van der Waals surface area contributed by atoms with Crippen molar-refractivity contribution in [3.8, 4) is 0 Å². The number of fused-ring (bicyclic) bond motifs is 2. The molecule has 0 aliphatic carbocycles. The first kappa shape index (κ1) is 20.8. The van der Waals surface area contributed by atoms with Gasteiger partial charge in [-0.25, -0.2) is 0 Å². The third kappa shape index (κ3) is 5.36. The molecule has 2 saturated heterocycles. The van der Waals surface area contributed by atoms with Crippen LogP contribution >= 0.6 is 0 Å². The molecule has 2 bridgehead atoms. The van der Waals surface area contributed by atoms with Crippen molar-refractivity contribution < 1.29 is 69.6 Å². The summed E-state index contributed by atoms with van der Waals surface area (Å²) >= 11 is 0. The Hall–Kier alpha value is 0.457. The second kappa shape index (κ2) is 8.59. The van der Waals surface area contributed by atoms with Crippen molar-refractivity contribution in [3.63, 3.8) is 0 Å². The molecule has 0 aromatic carbocycles. The van der Waals surface area contributed by atoms with Crippen molar-refractivity contribution in [2.24, 2.45) is 0 Å². The van der Waals surface area contributed by atoms with Crippen molar-refractivity contribution >= 4 is 29.3 Å². The standard InChI is InChI=1S/B4H2O7.Li.3H2O.H/c5-1-7-3-9-2(6)10-4(8-1)11-3;;;;;/h5-6H;;3*1H2;/q;+1;;;;-1. The molecule has 0 amide bonds. The van der Waals surface area contributed by atoms with Crippen molar-refractivity contribution in [3.05, 3.63) is 0 Å². The Kier molecular flexibility index (Phi) is 11.9. The Morgan fingerprint density at radius 1 is 0.667 bits per heavy atom. The Balaban J connectivity index is -0.000000144. The van der Waals surface area contributed by atoms with Crippen LogP contribution < -0.4 is 18.9 Å². The third-order valence-corrected chi connectivity index (χ3v) is 1.13. The molecule has 8 N–H and O–H groups in total. The summed E-state index contributed by atoms with van der Waals surface area (Å²) in [6.45, 7) is 0. The fraction of sp³-hybridized carbons (Fsp3) is 0. The molecule has 15 heteroatoms. The Labute approximate surface area is 99.5 Å². The smallest absolute Gasteiger partial charge is 1.00 e. The maximum absolute atomic E-state index is 8.74. The van der Waals surface area contributed by atoms with E-state index in [1.807, 2.05) is 0 Å². The first-order chi connectivity index (χ1) is 5.24. The molecular weight excluding hydrogens is 210 g/mol. The fourth-order valence-corrected chi connectivity index (χ4v) is 0.728. The minimum Gasteiger partial charge on any atom is -1.00 e. The van der Waals surface area contributed by atoms with Crippen molar-refractivity contribution in [2.75, 3.05) is 0 Å². The molecule has 0 atom stereocenters. The number of rotatable bonds is 0. The van der Waals surface area contributed by atoms with E-state index in [0.29, 0.717) is 0 Å². The van der Waals surface area contributed by atoms with E-state index in [9.17, 15) is 0 Å². The molecule has 0 spiro atoms. The van der Waals surface area contributed by atoms with Crippen LogP contribution in [0.2, 0.25) is 0 Å². The first-order valence-corrected chi connectivity index (χ1v) is 2.87. The molecule has 82 valence electrons. The van der Waals surface area contributed by atoms with Crippen LogP contribution in [0.3, 0.4) is 0 Å². The molecule has 2 rings (SSSR count). The molecule has 0 aromatic heterocycles. The van der Waals surface area contributed by atoms with Gasteiger partial charge in [0.25, 0.3) is 0 Å². The van der Waals surface area contributed by atoms with E-state index in [0.717, 1.165) is 0 Å². The van der Waals surface area contributed by atoms with Crippen LogP contribution in [0.5, 0.6) is 0 Å². The van der Waals surface area contributed by atoms with Crippen molar-refractivity contribution in [2.45, 2.75) is 0 Å². The molecule has 10 nitrogen and oxygen atoms in total. The summed E-state index contributed by atoms with van der Waals surface area (Å²) in [5, 5.41) is 17.5. The predicted octanol–water partition coefficient (Wildman–Crippen LogP) is -8.34. The molecule has 2 heterocycles. The Bertz CT molecular complexity index is 128. The molecule has 0 saturated carbocycles. The van der Waals surface area contributed by atoms with Crippen LogP contribution in [0, 0.1) is 0 Å². The van der Waals surface area contributed by atoms with E-state index in [1.54, 1.807) is 0 Å². The molecule has 0 unspecified atom stereocenters. The average Bonchev–Trinajstić information content (AvgIpc) is 1.82. The third-order valence-electron chi connectivity index (χ3n) is 1.13. The van der Waals surface area contributed by atoms with Gasteiger partial charge in [0.1, 0.15) is 0 Å². The van der Waals surface area contributed by atoms with Gasteiger partial charge in [0.05, 0.1) is 0 Å². The van der Waals surface area contributed by atoms with Gasteiger partial charge in [0.2, 0.25) is 0 Å². The molecule has 0 radical (unpaired) electrons. The largest absolute Gasteiger partial charge is 1.00 e. The second-order valence-corrected chi connectivity index (χ2v) is 1.87. The van der Waals surface area contributed by atoms with E-state index < -0.39 is 29.3 Å². The van der Waals surface area contributed by atoms with Crippen LogP contribution in [0.25, 0.3) is 0 Å². The maximum Gasteiger partial charge on any atom is 1.00 e. The molecule has 2 fully saturated rings. The van der Waals surface area contributed by atoms with Gasteiger partial charge in [-0.05, 0) is 0 Å². The van der Waals surface area contributed by atoms with E-state index in [-0.39, 0.29) is 36.7 Å². The normalized spacial score (nSPS) is 18.0. The Morgan fingerprint density at radius 3 is 1.20 bits per heavy atom. The summed E-state index contributed by atoms with van der Waals surface area (Å²) in [6, 6.07) is 0. The molecule has 15 heavy (non-hydrogen) atoms. The summed E-state index contributed by atoms with van der Waals surface area (Å²) in [6.07, 6.45) is 0. The number of hydrogen-bond donors (Lipinski definition) is 2. The van der Waals surface area contributed by atoms with Gasteiger partial charge < -0.3 is 50.8 Å². The number of hydrogen-bond acceptors (Lipinski definition) is 7. The fourth-order valence-electron chi connectivity index (χ4n) is 0.728. The maximum atomic E-state index is 8.74. The van der Waals surface area contributed by atoms with Gasteiger partial charge in [-0.15, -0.1) is 0 Å². The van der Waals surface area contributed by atoms with Gasteiger partial charge in [0.15, 0.2) is 0 Å². The van der Waals surface area contributed by atoms with E-state index >= 15 is 0 Å². The quantitative estimate of drug-likeness (QED) is 0.379. The van der Waals surface area contributed by atoms with Gasteiger partial charge in [0, 0.05) is 0 Å². The summed E-state index contributed by atoms with van der Waals surface area (Å²) in [4.78, 5) is 0. The zero-order valence-corrected chi connectivity index (χ0v) is 7.75. The first-order valence-electron chi connectivity index (χ1n) is 2.87.